The number of carboxylic acid groups (broad SMARTS) is 1. The second kappa shape index (κ2) is 3.94. The van der Waals surface area contributed by atoms with Crippen LogP contribution in [0.2, 0.25) is 0 Å². The summed E-state index contributed by atoms with van der Waals surface area (Å²) < 4.78 is 0. The number of carbonyl (C=O) groups is 1. The van der Waals surface area contributed by atoms with Crippen LogP contribution >= 0.6 is 0 Å². The van der Waals surface area contributed by atoms with Crippen LogP contribution in [-0.4, -0.2) is 41.6 Å². The Morgan fingerprint density at radius 1 is 1.56 bits per heavy atom. The van der Waals surface area contributed by atoms with E-state index in [0.29, 0.717) is 0 Å². The number of hydrogen-bond donors (Lipinski definition) is 2. The molecule has 0 saturated heterocycles. The molecule has 0 rings (SSSR count). The van der Waals surface area contributed by atoms with Crippen LogP contribution in [0.1, 0.15) is 13.8 Å². The number of aliphatic hydroxyl groups excluding tert-OH is 1. The fraction of sp³-hybridized carbons (Fsp3) is 0.800. The second-order valence-corrected chi connectivity index (χ2v) is 2.35. The third-order valence-corrected chi connectivity index (χ3v) is 0.974. The van der Waals surface area contributed by atoms with Gasteiger partial charge in [0.1, 0.15) is 0 Å². The summed E-state index contributed by atoms with van der Waals surface area (Å²) in [5, 5.41) is 16.7. The molecule has 4 heteroatoms. The van der Waals surface area contributed by atoms with Crippen molar-refractivity contribution in [3.63, 3.8) is 0 Å². The summed E-state index contributed by atoms with van der Waals surface area (Å²) in [6.45, 7) is 2.62. The molecule has 0 aromatic heterocycles. The molecule has 0 aliphatic heterocycles. The van der Waals surface area contributed by atoms with Gasteiger partial charge >= 0.3 is 24.8 Å². The van der Waals surface area contributed by atoms with E-state index in [9.17, 15) is 4.79 Å². The number of aliphatic hydroxyl groups is 1. The molecule has 0 aromatic carbocycles. The van der Waals surface area contributed by atoms with Gasteiger partial charge in [-0.25, -0.2) is 0 Å². The van der Waals surface area contributed by atoms with Gasteiger partial charge in [0, 0.05) is 0 Å². The standard InChI is InChI=1S/C5H10O3.Li.H/c1-5(2,3-6)4(7)8;;/h6H,3H2,1-2H3,(H,7,8);;. The van der Waals surface area contributed by atoms with E-state index in [1.54, 1.807) is 0 Å². The van der Waals surface area contributed by atoms with Gasteiger partial charge in [-0.3, -0.25) is 4.79 Å². The predicted molar refractivity (Wildman–Crippen MR) is 35.7 cm³/mol. The second-order valence-electron chi connectivity index (χ2n) is 2.35. The van der Waals surface area contributed by atoms with E-state index >= 15 is 0 Å². The molecule has 50 valence electrons. The summed E-state index contributed by atoms with van der Waals surface area (Å²) in [4.78, 5) is 10.1. The summed E-state index contributed by atoms with van der Waals surface area (Å²) in [5.74, 6) is -0.972. The molecular formula is C5H11LiO3. The van der Waals surface area contributed by atoms with Crippen molar-refractivity contribution in [2.24, 2.45) is 5.41 Å². The van der Waals surface area contributed by atoms with Crippen LogP contribution in [0.4, 0.5) is 0 Å². The minimum atomic E-state index is -0.986. The average Bonchev–Trinajstić information content (AvgIpc) is 1.67. The first-order chi connectivity index (χ1) is 3.50. The van der Waals surface area contributed by atoms with Gasteiger partial charge in [0.15, 0.2) is 0 Å². The molecule has 0 spiro atoms. The van der Waals surface area contributed by atoms with E-state index in [2.05, 4.69) is 0 Å². The molecule has 9 heavy (non-hydrogen) atoms. The first kappa shape index (κ1) is 11.8. The van der Waals surface area contributed by atoms with Crippen molar-refractivity contribution in [2.45, 2.75) is 13.8 Å². The zero-order valence-corrected chi connectivity index (χ0v) is 5.01. The number of carboxylic acids is 1. The first-order valence-corrected chi connectivity index (χ1v) is 2.35. The number of aliphatic carboxylic acids is 1. The fourth-order valence-corrected chi connectivity index (χ4v) is 0.0676. The molecule has 0 saturated carbocycles. The Labute approximate surface area is 66.2 Å². The topological polar surface area (TPSA) is 57.5 Å². The quantitative estimate of drug-likeness (QED) is 0.487. The molecule has 0 aliphatic rings. The summed E-state index contributed by atoms with van der Waals surface area (Å²) in [6, 6.07) is 0. The van der Waals surface area contributed by atoms with Gasteiger partial charge < -0.3 is 10.2 Å². The van der Waals surface area contributed by atoms with Crippen LogP contribution in [0.5, 0.6) is 0 Å². The summed E-state index contributed by atoms with van der Waals surface area (Å²) in [7, 11) is 0. The van der Waals surface area contributed by atoms with Crippen molar-refractivity contribution < 1.29 is 15.0 Å². The van der Waals surface area contributed by atoms with Crippen LogP contribution in [0.25, 0.3) is 0 Å². The van der Waals surface area contributed by atoms with E-state index in [1.807, 2.05) is 0 Å². The van der Waals surface area contributed by atoms with E-state index < -0.39 is 11.4 Å². The third-order valence-electron chi connectivity index (χ3n) is 0.974. The van der Waals surface area contributed by atoms with Gasteiger partial charge in [0.2, 0.25) is 0 Å². The Bertz CT molecular complexity index is 100. The molecular weight excluding hydrogens is 115 g/mol. The monoisotopic (exact) mass is 126 g/mol. The third kappa shape index (κ3) is 3.58. The molecule has 0 fully saturated rings. The molecule has 0 unspecified atom stereocenters. The molecule has 0 aliphatic carbocycles. The molecule has 0 atom stereocenters. The first-order valence-electron chi connectivity index (χ1n) is 2.35. The molecule has 0 aromatic rings. The maximum atomic E-state index is 10.1. The van der Waals surface area contributed by atoms with Crippen molar-refractivity contribution in [3.05, 3.63) is 0 Å². The van der Waals surface area contributed by atoms with Gasteiger partial charge in [-0.15, -0.1) is 0 Å². The molecule has 0 heterocycles. The molecule has 0 amide bonds. The number of hydrogen-bond acceptors (Lipinski definition) is 2. The summed E-state index contributed by atoms with van der Waals surface area (Å²) in [5.41, 5.74) is -0.986. The molecule has 3 nitrogen and oxygen atoms in total. The van der Waals surface area contributed by atoms with Gasteiger partial charge in [0.25, 0.3) is 0 Å². The molecule has 0 bridgehead atoms. The zero-order valence-electron chi connectivity index (χ0n) is 5.01. The van der Waals surface area contributed by atoms with Gasteiger partial charge in [-0.05, 0) is 13.8 Å². The van der Waals surface area contributed by atoms with Crippen molar-refractivity contribution in [2.75, 3.05) is 6.61 Å². The van der Waals surface area contributed by atoms with Crippen LogP contribution in [0.3, 0.4) is 0 Å². The normalized spacial score (nSPS) is 10.1. The SMILES string of the molecule is CC(C)(CO)C(=O)O.[LiH]. The van der Waals surface area contributed by atoms with Crippen molar-refractivity contribution in [3.8, 4) is 0 Å². The maximum absolute atomic E-state index is 10.1. The Hall–Kier alpha value is 0.0274. The van der Waals surface area contributed by atoms with E-state index in [0.717, 1.165) is 0 Å². The van der Waals surface area contributed by atoms with Crippen LogP contribution in [0, 0.1) is 5.41 Å². The van der Waals surface area contributed by atoms with Crippen LogP contribution in [-0.2, 0) is 4.79 Å². The molecule has 0 radical (unpaired) electrons. The zero-order chi connectivity index (χ0) is 6.78. The van der Waals surface area contributed by atoms with Gasteiger partial charge in [0.05, 0.1) is 12.0 Å². The van der Waals surface area contributed by atoms with Crippen molar-refractivity contribution in [1.82, 2.24) is 0 Å². The molecule has 2 N–H and O–H groups in total. The van der Waals surface area contributed by atoms with Gasteiger partial charge in [-0.1, -0.05) is 0 Å². The number of rotatable bonds is 2. The Balaban J connectivity index is 0. The Morgan fingerprint density at radius 2 is 1.89 bits per heavy atom. The van der Waals surface area contributed by atoms with E-state index in [-0.39, 0.29) is 25.5 Å². The summed E-state index contributed by atoms with van der Waals surface area (Å²) >= 11 is 0. The van der Waals surface area contributed by atoms with E-state index in [1.165, 1.54) is 13.8 Å². The fourth-order valence-electron chi connectivity index (χ4n) is 0.0676. The Morgan fingerprint density at radius 3 is 1.89 bits per heavy atom. The summed E-state index contributed by atoms with van der Waals surface area (Å²) in [6.07, 6.45) is 0. The van der Waals surface area contributed by atoms with Gasteiger partial charge in [-0.2, -0.15) is 0 Å². The Kier molecular flexibility index (Phi) is 5.16. The van der Waals surface area contributed by atoms with E-state index in [4.69, 9.17) is 10.2 Å². The minimum absolute atomic E-state index is 0. The van der Waals surface area contributed by atoms with Crippen LogP contribution in [0.15, 0.2) is 0 Å². The average molecular weight is 126 g/mol. The van der Waals surface area contributed by atoms with Crippen LogP contribution < -0.4 is 0 Å². The predicted octanol–water partition coefficient (Wildman–Crippen LogP) is -0.559. The van der Waals surface area contributed by atoms with Crippen molar-refractivity contribution >= 4 is 24.8 Å². The van der Waals surface area contributed by atoms with Crippen molar-refractivity contribution in [1.29, 1.82) is 0 Å².